The van der Waals surface area contributed by atoms with Gasteiger partial charge in [0, 0.05) is 24.8 Å². The van der Waals surface area contributed by atoms with Crippen molar-refractivity contribution in [3.8, 4) is 5.69 Å². The fourth-order valence-electron chi connectivity index (χ4n) is 3.42. The van der Waals surface area contributed by atoms with Crippen LogP contribution in [0.25, 0.3) is 5.69 Å². The van der Waals surface area contributed by atoms with Gasteiger partial charge in [-0.2, -0.15) is 0 Å². The Hall–Kier alpha value is -3.46. The lowest BCUT2D eigenvalue weighted by atomic mass is 10.1. The second-order valence-corrected chi connectivity index (χ2v) is 6.67. The molecule has 9 nitrogen and oxygen atoms in total. The smallest absolute Gasteiger partial charge is 0.262 e. The Morgan fingerprint density at radius 3 is 2.64 bits per heavy atom. The number of carbonyl (C=O) groups excluding carboxylic acids is 3. The van der Waals surface area contributed by atoms with E-state index in [4.69, 9.17) is 10.5 Å². The van der Waals surface area contributed by atoms with Crippen molar-refractivity contribution in [1.29, 1.82) is 0 Å². The third-order valence-corrected chi connectivity index (χ3v) is 4.86. The Morgan fingerprint density at radius 1 is 1.21 bits per heavy atom. The van der Waals surface area contributed by atoms with Crippen LogP contribution < -0.4 is 21.9 Å². The van der Waals surface area contributed by atoms with Gasteiger partial charge in [-0.15, -0.1) is 0 Å². The summed E-state index contributed by atoms with van der Waals surface area (Å²) in [5, 5.41) is 4.94. The summed E-state index contributed by atoms with van der Waals surface area (Å²) in [7, 11) is 0. The summed E-state index contributed by atoms with van der Waals surface area (Å²) in [5.74, 6) is -1.66. The lowest BCUT2D eigenvalue weighted by Crippen LogP contribution is -2.31. The molecule has 3 heterocycles. The number of ether oxygens (including phenoxy) is 1. The summed E-state index contributed by atoms with van der Waals surface area (Å²) in [6, 6.07) is 7.31. The van der Waals surface area contributed by atoms with Crippen LogP contribution >= 0.6 is 0 Å². The lowest BCUT2D eigenvalue weighted by molar-refractivity contribution is 0.0855. The number of benzene rings is 1. The second-order valence-electron chi connectivity index (χ2n) is 6.67. The van der Waals surface area contributed by atoms with Crippen LogP contribution in [0.3, 0.4) is 0 Å². The molecule has 2 aromatic rings. The third-order valence-electron chi connectivity index (χ3n) is 4.86. The van der Waals surface area contributed by atoms with E-state index in [0.717, 1.165) is 30.1 Å². The largest absolute Gasteiger partial charge is 0.384 e. The minimum atomic E-state index is -0.644. The van der Waals surface area contributed by atoms with Gasteiger partial charge in [0.1, 0.15) is 5.82 Å². The Bertz CT molecular complexity index is 1040. The quantitative estimate of drug-likeness (QED) is 0.648. The number of amides is 3. The lowest BCUT2D eigenvalue weighted by Gasteiger charge is -2.13. The van der Waals surface area contributed by atoms with Gasteiger partial charge in [-0.05, 0) is 37.1 Å². The van der Waals surface area contributed by atoms with E-state index in [9.17, 15) is 19.2 Å². The topological polar surface area (TPSA) is 133 Å². The minimum Gasteiger partial charge on any atom is -0.384 e. The molecule has 1 aromatic heterocycles. The number of hydrogen-bond donors (Lipinski definition) is 3. The molecule has 4 N–H and O–H groups in total. The van der Waals surface area contributed by atoms with Crippen molar-refractivity contribution in [3.05, 3.63) is 57.4 Å². The molecule has 28 heavy (non-hydrogen) atoms. The number of nitrogens with one attached hydrogen (secondary N) is 2. The van der Waals surface area contributed by atoms with Crippen molar-refractivity contribution in [2.45, 2.75) is 18.9 Å². The molecule has 4 rings (SSSR count). The van der Waals surface area contributed by atoms with Crippen LogP contribution in [0.1, 0.15) is 43.9 Å². The molecule has 1 saturated heterocycles. The van der Waals surface area contributed by atoms with Crippen molar-refractivity contribution in [1.82, 2.24) is 15.2 Å². The zero-order valence-corrected chi connectivity index (χ0v) is 14.9. The molecule has 1 unspecified atom stereocenters. The van der Waals surface area contributed by atoms with Gasteiger partial charge >= 0.3 is 0 Å². The highest BCUT2D eigenvalue weighted by Gasteiger charge is 2.31. The molecule has 0 spiro atoms. The molecule has 0 radical (unpaired) electrons. The summed E-state index contributed by atoms with van der Waals surface area (Å²) in [6.07, 6.45) is 1.97. The molecule has 3 amide bonds. The summed E-state index contributed by atoms with van der Waals surface area (Å²) in [4.78, 5) is 48.3. The van der Waals surface area contributed by atoms with Crippen LogP contribution in [0, 0.1) is 0 Å². The SMILES string of the molecule is Nc1c2c(cc(=O)n1-c1ccc(C(=O)NCC3CCCO3)cc1)C(=O)NC2=O. The number of nitrogens with zero attached hydrogens (tertiary/aromatic N) is 1. The molecule has 2 aliphatic heterocycles. The zero-order valence-electron chi connectivity index (χ0n) is 14.9. The van der Waals surface area contributed by atoms with E-state index in [0.29, 0.717) is 17.8 Å². The highest BCUT2D eigenvalue weighted by Crippen LogP contribution is 2.23. The molecule has 1 aromatic carbocycles. The number of aromatic nitrogens is 1. The fourth-order valence-corrected chi connectivity index (χ4v) is 3.42. The van der Waals surface area contributed by atoms with Crippen molar-refractivity contribution in [2.24, 2.45) is 0 Å². The normalized spacial score (nSPS) is 18.1. The van der Waals surface area contributed by atoms with Gasteiger partial charge < -0.3 is 15.8 Å². The molecule has 2 aliphatic rings. The monoisotopic (exact) mass is 382 g/mol. The van der Waals surface area contributed by atoms with E-state index >= 15 is 0 Å². The summed E-state index contributed by atoms with van der Waals surface area (Å²) in [5.41, 5.74) is 6.19. The van der Waals surface area contributed by atoms with Crippen LogP contribution in [-0.2, 0) is 4.74 Å². The average Bonchev–Trinajstić information content (AvgIpc) is 3.28. The number of carbonyl (C=O) groups is 3. The standard InChI is InChI=1S/C19H18N4O5/c20-16-15-13(18(26)22-19(15)27)8-14(24)23(16)11-5-3-10(4-6-11)17(25)21-9-12-2-1-7-28-12/h3-6,8,12H,1-2,7,9,20H2,(H,21,25)(H,22,26,27). The molecule has 9 heteroatoms. The Balaban J connectivity index is 1.58. The number of nitrogens with two attached hydrogens (primary N) is 1. The number of hydrogen-bond acceptors (Lipinski definition) is 6. The first-order chi connectivity index (χ1) is 13.5. The summed E-state index contributed by atoms with van der Waals surface area (Å²) >= 11 is 0. The number of fused-ring (bicyclic) bond motifs is 1. The minimum absolute atomic E-state index is 0.0250. The maximum Gasteiger partial charge on any atom is 0.262 e. The predicted molar refractivity (Wildman–Crippen MR) is 99.6 cm³/mol. The number of imide groups is 1. The summed E-state index contributed by atoms with van der Waals surface area (Å²) < 4.78 is 6.60. The van der Waals surface area contributed by atoms with Crippen LogP contribution in [0.15, 0.2) is 35.1 Å². The predicted octanol–water partition coefficient (Wildman–Crippen LogP) is 0.212. The fraction of sp³-hybridized carbons (Fsp3) is 0.263. The van der Waals surface area contributed by atoms with Crippen LogP contribution in [0.2, 0.25) is 0 Å². The maximum absolute atomic E-state index is 12.4. The van der Waals surface area contributed by atoms with Crippen LogP contribution in [-0.4, -0.2) is 41.5 Å². The molecule has 0 bridgehead atoms. The van der Waals surface area contributed by atoms with Gasteiger partial charge in [-0.3, -0.25) is 29.1 Å². The van der Waals surface area contributed by atoms with Gasteiger partial charge in [0.05, 0.1) is 22.9 Å². The molecule has 144 valence electrons. The Labute approximate surface area is 159 Å². The van der Waals surface area contributed by atoms with Crippen molar-refractivity contribution < 1.29 is 19.1 Å². The van der Waals surface area contributed by atoms with Crippen molar-refractivity contribution in [3.63, 3.8) is 0 Å². The Morgan fingerprint density at radius 2 is 1.96 bits per heavy atom. The van der Waals surface area contributed by atoms with E-state index in [1.54, 1.807) is 24.3 Å². The van der Waals surface area contributed by atoms with Gasteiger partial charge in [0.15, 0.2) is 0 Å². The average molecular weight is 382 g/mol. The van der Waals surface area contributed by atoms with Gasteiger partial charge in [0.2, 0.25) is 0 Å². The van der Waals surface area contributed by atoms with Gasteiger partial charge in [-0.25, -0.2) is 0 Å². The molecular formula is C19H18N4O5. The van der Waals surface area contributed by atoms with E-state index in [2.05, 4.69) is 10.6 Å². The first-order valence-corrected chi connectivity index (χ1v) is 8.87. The molecule has 0 saturated carbocycles. The molecular weight excluding hydrogens is 364 g/mol. The molecule has 1 atom stereocenters. The van der Waals surface area contributed by atoms with Crippen molar-refractivity contribution >= 4 is 23.5 Å². The first-order valence-electron chi connectivity index (χ1n) is 8.87. The summed E-state index contributed by atoms with van der Waals surface area (Å²) in [6.45, 7) is 1.16. The highest BCUT2D eigenvalue weighted by molar-refractivity contribution is 6.23. The van der Waals surface area contributed by atoms with E-state index < -0.39 is 17.4 Å². The van der Waals surface area contributed by atoms with Gasteiger partial charge in [-0.1, -0.05) is 0 Å². The number of nitrogen functional groups attached to an aromatic ring is 1. The molecule has 1 fully saturated rings. The number of rotatable bonds is 4. The highest BCUT2D eigenvalue weighted by atomic mass is 16.5. The molecule has 0 aliphatic carbocycles. The third kappa shape index (κ3) is 3.05. The first kappa shape index (κ1) is 17.9. The zero-order chi connectivity index (χ0) is 19.8. The van der Waals surface area contributed by atoms with E-state index in [1.165, 1.54) is 0 Å². The van der Waals surface area contributed by atoms with Crippen molar-refractivity contribution in [2.75, 3.05) is 18.9 Å². The second kappa shape index (κ2) is 6.93. The number of anilines is 1. The van der Waals surface area contributed by atoms with E-state index in [-0.39, 0.29) is 29.0 Å². The van der Waals surface area contributed by atoms with Crippen LogP contribution in [0.5, 0.6) is 0 Å². The Kier molecular flexibility index (Phi) is 4.44. The number of pyridine rings is 1. The maximum atomic E-state index is 12.4. The van der Waals surface area contributed by atoms with E-state index in [1.807, 2.05) is 0 Å². The van der Waals surface area contributed by atoms with Crippen LogP contribution in [0.4, 0.5) is 5.82 Å². The van der Waals surface area contributed by atoms with Gasteiger partial charge in [0.25, 0.3) is 23.3 Å².